The van der Waals surface area contributed by atoms with Crippen molar-refractivity contribution in [1.29, 1.82) is 0 Å². The van der Waals surface area contributed by atoms with Crippen LogP contribution in [0.4, 0.5) is 5.82 Å². The second kappa shape index (κ2) is 4.31. The lowest BCUT2D eigenvalue weighted by atomic mass is 10.1. The number of aromatic nitrogens is 3. The Labute approximate surface area is 121 Å². The molecule has 4 rings (SSSR count). The third-order valence-electron chi connectivity index (χ3n) is 3.70. The molecule has 4 heteroatoms. The molecule has 0 aliphatic carbocycles. The Morgan fingerprint density at radius 1 is 1.10 bits per heavy atom. The summed E-state index contributed by atoms with van der Waals surface area (Å²) in [5.41, 5.74) is 11.1. The van der Waals surface area contributed by atoms with Gasteiger partial charge in [-0.25, -0.2) is 4.98 Å². The maximum atomic E-state index is 6.25. The van der Waals surface area contributed by atoms with Crippen molar-refractivity contribution >= 4 is 22.4 Å². The highest BCUT2D eigenvalue weighted by Crippen LogP contribution is 2.28. The number of nitrogens with two attached hydrogens (primary N) is 1. The number of nitrogens with zero attached hydrogens (tertiary/aromatic N) is 3. The summed E-state index contributed by atoms with van der Waals surface area (Å²) in [4.78, 5) is 9.00. The molecule has 0 amide bonds. The number of benzene rings is 1. The summed E-state index contributed by atoms with van der Waals surface area (Å²) in [6.07, 6.45) is 3.75. The molecule has 0 aliphatic rings. The smallest absolute Gasteiger partial charge is 0.139 e. The number of aryl methyl sites for hydroxylation is 1. The molecule has 0 aliphatic heterocycles. The first-order valence-corrected chi connectivity index (χ1v) is 6.82. The number of rotatable bonds is 1. The topological polar surface area (TPSA) is 56.2 Å². The van der Waals surface area contributed by atoms with E-state index in [0.717, 1.165) is 27.8 Å². The molecular weight excluding hydrogens is 260 g/mol. The molecule has 0 radical (unpaired) electrons. The Morgan fingerprint density at radius 3 is 2.90 bits per heavy atom. The molecule has 0 spiro atoms. The number of fused-ring (bicyclic) bond motifs is 2. The van der Waals surface area contributed by atoms with Crippen LogP contribution in [0, 0.1) is 6.92 Å². The van der Waals surface area contributed by atoms with E-state index in [1.165, 1.54) is 5.56 Å². The van der Waals surface area contributed by atoms with E-state index in [-0.39, 0.29) is 0 Å². The lowest BCUT2D eigenvalue weighted by molar-refractivity contribution is 1.18. The quantitative estimate of drug-likeness (QED) is 0.578. The largest absolute Gasteiger partial charge is 0.383 e. The minimum atomic E-state index is 0.660. The first kappa shape index (κ1) is 11.9. The van der Waals surface area contributed by atoms with Crippen LogP contribution in [0.5, 0.6) is 0 Å². The Morgan fingerprint density at radius 2 is 2.00 bits per heavy atom. The van der Waals surface area contributed by atoms with Crippen molar-refractivity contribution in [3.05, 3.63) is 60.4 Å². The fourth-order valence-electron chi connectivity index (χ4n) is 2.60. The van der Waals surface area contributed by atoms with E-state index < -0.39 is 0 Å². The SMILES string of the molecule is Cc1ccn2c(N)c(-c3ccc4ncccc4c3)nc2c1. The molecule has 3 aromatic heterocycles. The normalized spacial score (nSPS) is 11.3. The summed E-state index contributed by atoms with van der Waals surface area (Å²) in [7, 11) is 0. The number of pyridine rings is 2. The van der Waals surface area contributed by atoms with Crippen LogP contribution in [-0.2, 0) is 0 Å². The summed E-state index contributed by atoms with van der Waals surface area (Å²) in [6.45, 7) is 2.05. The second-order valence-corrected chi connectivity index (χ2v) is 5.19. The molecule has 0 saturated carbocycles. The number of imidazole rings is 1. The van der Waals surface area contributed by atoms with Crippen molar-refractivity contribution in [2.45, 2.75) is 6.92 Å². The van der Waals surface area contributed by atoms with Crippen molar-refractivity contribution in [3.63, 3.8) is 0 Å². The maximum Gasteiger partial charge on any atom is 0.139 e. The van der Waals surface area contributed by atoms with Crippen LogP contribution in [0.15, 0.2) is 54.9 Å². The van der Waals surface area contributed by atoms with E-state index in [0.29, 0.717) is 5.82 Å². The molecule has 102 valence electrons. The van der Waals surface area contributed by atoms with E-state index >= 15 is 0 Å². The van der Waals surface area contributed by atoms with Crippen molar-refractivity contribution in [3.8, 4) is 11.3 Å². The van der Waals surface area contributed by atoms with E-state index in [9.17, 15) is 0 Å². The highest BCUT2D eigenvalue weighted by atomic mass is 15.1. The Balaban J connectivity index is 1.97. The lowest BCUT2D eigenvalue weighted by Gasteiger charge is -2.02. The van der Waals surface area contributed by atoms with E-state index in [1.807, 2.05) is 53.9 Å². The zero-order chi connectivity index (χ0) is 14.4. The van der Waals surface area contributed by atoms with Gasteiger partial charge in [0.25, 0.3) is 0 Å². The molecule has 0 saturated heterocycles. The van der Waals surface area contributed by atoms with Crippen molar-refractivity contribution in [2.24, 2.45) is 0 Å². The fourth-order valence-corrected chi connectivity index (χ4v) is 2.60. The zero-order valence-electron chi connectivity index (χ0n) is 11.6. The lowest BCUT2D eigenvalue weighted by Crippen LogP contribution is -1.94. The highest BCUT2D eigenvalue weighted by Gasteiger charge is 2.11. The van der Waals surface area contributed by atoms with Crippen LogP contribution >= 0.6 is 0 Å². The minimum Gasteiger partial charge on any atom is -0.383 e. The van der Waals surface area contributed by atoms with Gasteiger partial charge in [0.15, 0.2) is 0 Å². The molecule has 2 N–H and O–H groups in total. The minimum absolute atomic E-state index is 0.660. The molecule has 4 nitrogen and oxygen atoms in total. The van der Waals surface area contributed by atoms with Gasteiger partial charge >= 0.3 is 0 Å². The van der Waals surface area contributed by atoms with Gasteiger partial charge in [-0.05, 0) is 42.8 Å². The average molecular weight is 274 g/mol. The third-order valence-corrected chi connectivity index (χ3v) is 3.70. The van der Waals surface area contributed by atoms with Gasteiger partial charge in [-0.15, -0.1) is 0 Å². The summed E-state index contributed by atoms with van der Waals surface area (Å²) in [5.74, 6) is 0.660. The Hall–Kier alpha value is -2.88. The summed E-state index contributed by atoms with van der Waals surface area (Å²) in [5, 5.41) is 1.09. The van der Waals surface area contributed by atoms with E-state index in [2.05, 4.69) is 16.0 Å². The standard InChI is InChI=1S/C17H14N4/c1-11-6-8-21-15(9-11)20-16(17(21)18)13-4-5-14-12(10-13)3-2-7-19-14/h2-10H,18H2,1H3. The van der Waals surface area contributed by atoms with Gasteiger partial charge in [-0.1, -0.05) is 12.1 Å². The van der Waals surface area contributed by atoms with E-state index in [4.69, 9.17) is 5.73 Å². The molecule has 0 unspecified atom stereocenters. The van der Waals surface area contributed by atoms with Crippen molar-refractivity contribution < 1.29 is 0 Å². The Bertz CT molecular complexity index is 969. The molecular formula is C17H14N4. The van der Waals surface area contributed by atoms with Crippen LogP contribution in [0.25, 0.3) is 27.8 Å². The highest BCUT2D eigenvalue weighted by molar-refractivity contribution is 5.86. The number of anilines is 1. The number of hydrogen-bond donors (Lipinski definition) is 1. The first-order valence-electron chi connectivity index (χ1n) is 6.82. The molecule has 0 atom stereocenters. The number of hydrogen-bond acceptors (Lipinski definition) is 3. The van der Waals surface area contributed by atoms with Gasteiger partial charge in [0.2, 0.25) is 0 Å². The third kappa shape index (κ3) is 1.84. The van der Waals surface area contributed by atoms with Crippen LogP contribution in [0.3, 0.4) is 0 Å². The molecule has 3 heterocycles. The zero-order valence-corrected chi connectivity index (χ0v) is 11.6. The molecule has 0 fully saturated rings. The predicted octanol–water partition coefficient (Wildman–Crippen LogP) is 3.44. The molecule has 0 bridgehead atoms. The number of nitrogen functional groups attached to an aromatic ring is 1. The van der Waals surface area contributed by atoms with Gasteiger partial charge in [0, 0.05) is 23.3 Å². The van der Waals surface area contributed by atoms with Crippen LogP contribution in [0.1, 0.15) is 5.56 Å². The maximum absolute atomic E-state index is 6.25. The molecule has 1 aromatic carbocycles. The van der Waals surface area contributed by atoms with Crippen LogP contribution in [-0.4, -0.2) is 14.4 Å². The predicted molar refractivity (Wildman–Crippen MR) is 85.1 cm³/mol. The second-order valence-electron chi connectivity index (χ2n) is 5.19. The van der Waals surface area contributed by atoms with Gasteiger partial charge < -0.3 is 5.73 Å². The van der Waals surface area contributed by atoms with Crippen molar-refractivity contribution in [2.75, 3.05) is 5.73 Å². The van der Waals surface area contributed by atoms with Gasteiger partial charge in [0.05, 0.1) is 5.52 Å². The van der Waals surface area contributed by atoms with E-state index in [1.54, 1.807) is 6.20 Å². The molecule has 21 heavy (non-hydrogen) atoms. The van der Waals surface area contributed by atoms with Gasteiger partial charge in [-0.3, -0.25) is 9.38 Å². The Kier molecular flexibility index (Phi) is 2.44. The summed E-state index contributed by atoms with van der Waals surface area (Å²) < 4.78 is 1.91. The monoisotopic (exact) mass is 274 g/mol. The summed E-state index contributed by atoms with van der Waals surface area (Å²) >= 11 is 0. The van der Waals surface area contributed by atoms with Gasteiger partial charge in [-0.2, -0.15) is 0 Å². The average Bonchev–Trinajstić information content (AvgIpc) is 2.83. The molecule has 4 aromatic rings. The van der Waals surface area contributed by atoms with Crippen molar-refractivity contribution in [1.82, 2.24) is 14.4 Å². The van der Waals surface area contributed by atoms with Gasteiger partial charge in [0.1, 0.15) is 17.2 Å². The van der Waals surface area contributed by atoms with Crippen LogP contribution < -0.4 is 5.73 Å². The summed E-state index contributed by atoms with van der Waals surface area (Å²) in [6, 6.07) is 14.1. The fraction of sp³-hybridized carbons (Fsp3) is 0.0588. The van der Waals surface area contributed by atoms with Crippen LogP contribution in [0.2, 0.25) is 0 Å². The first-order chi connectivity index (χ1) is 10.2.